The van der Waals surface area contributed by atoms with Crippen molar-refractivity contribution in [2.45, 2.75) is 82.1 Å². The fourth-order valence-corrected chi connectivity index (χ4v) is 6.95. The molecule has 6 nitrogen and oxygen atoms in total. The van der Waals surface area contributed by atoms with Crippen molar-refractivity contribution in [1.82, 2.24) is 4.98 Å². The van der Waals surface area contributed by atoms with E-state index < -0.39 is 0 Å². The summed E-state index contributed by atoms with van der Waals surface area (Å²) in [6, 6.07) is 4.26. The lowest BCUT2D eigenvalue weighted by Crippen LogP contribution is -2.15. The van der Waals surface area contributed by atoms with E-state index in [0.717, 1.165) is 69.0 Å². The van der Waals surface area contributed by atoms with E-state index in [9.17, 15) is 14.9 Å². The zero-order chi connectivity index (χ0) is 23.9. The quantitative estimate of drug-likeness (QED) is 0.306. The summed E-state index contributed by atoms with van der Waals surface area (Å²) in [6.45, 7) is 0. The van der Waals surface area contributed by atoms with Crippen LogP contribution in [0.5, 0.6) is 0 Å². The maximum Gasteiger partial charge on any atom is 0.341 e. The van der Waals surface area contributed by atoms with E-state index in [1.807, 2.05) is 6.07 Å². The van der Waals surface area contributed by atoms with Crippen LogP contribution in [0, 0.1) is 11.3 Å². The number of thioether (sulfide) groups is 1. The number of nitrogens with zero attached hydrogens (tertiary/aromatic N) is 2. The normalized spacial score (nSPS) is 15.6. The highest BCUT2D eigenvalue weighted by Crippen LogP contribution is 2.37. The molecule has 2 heterocycles. The number of nitrogens with one attached hydrogen (secondary N) is 1. The first-order valence-electron chi connectivity index (χ1n) is 12.2. The molecular formula is C26H31N3O3S2. The summed E-state index contributed by atoms with van der Waals surface area (Å²) in [7, 11) is 1.39. The number of pyridine rings is 1. The number of anilines is 1. The third-order valence-corrected chi connectivity index (χ3v) is 8.72. The summed E-state index contributed by atoms with van der Waals surface area (Å²) in [5.74, 6) is 0.000955. The number of hydrogen-bond donors (Lipinski definition) is 1. The highest BCUT2D eigenvalue weighted by Gasteiger charge is 2.26. The van der Waals surface area contributed by atoms with Gasteiger partial charge in [0, 0.05) is 22.7 Å². The van der Waals surface area contributed by atoms with Crippen molar-refractivity contribution < 1.29 is 14.3 Å². The van der Waals surface area contributed by atoms with Gasteiger partial charge in [-0.1, -0.05) is 19.3 Å². The van der Waals surface area contributed by atoms with Gasteiger partial charge in [0.15, 0.2) is 0 Å². The van der Waals surface area contributed by atoms with Crippen LogP contribution in [0.2, 0.25) is 0 Å². The zero-order valence-electron chi connectivity index (χ0n) is 19.7. The Kier molecular flexibility index (Phi) is 8.63. The second kappa shape index (κ2) is 11.9. The van der Waals surface area contributed by atoms with Crippen LogP contribution in [0.4, 0.5) is 5.00 Å². The van der Waals surface area contributed by atoms with Crippen LogP contribution in [-0.2, 0) is 35.2 Å². The Hall–Kier alpha value is -2.37. The van der Waals surface area contributed by atoms with Crippen molar-refractivity contribution >= 4 is 40.0 Å². The number of hydrogen-bond acceptors (Lipinski definition) is 7. The van der Waals surface area contributed by atoms with Gasteiger partial charge in [0.05, 0.1) is 18.2 Å². The lowest BCUT2D eigenvalue weighted by atomic mass is 9.96. The molecule has 34 heavy (non-hydrogen) atoms. The van der Waals surface area contributed by atoms with Crippen molar-refractivity contribution in [3.05, 3.63) is 38.9 Å². The Morgan fingerprint density at radius 1 is 1.12 bits per heavy atom. The van der Waals surface area contributed by atoms with E-state index >= 15 is 0 Å². The number of methoxy groups -OCH3 is 1. The molecule has 1 amide bonds. The smallest absolute Gasteiger partial charge is 0.341 e. The Balaban J connectivity index is 1.43. The van der Waals surface area contributed by atoms with Gasteiger partial charge >= 0.3 is 5.97 Å². The van der Waals surface area contributed by atoms with Crippen LogP contribution >= 0.6 is 23.1 Å². The van der Waals surface area contributed by atoms with Gasteiger partial charge in [-0.15, -0.1) is 23.1 Å². The molecule has 2 aliphatic rings. The Morgan fingerprint density at radius 3 is 2.65 bits per heavy atom. The number of amides is 1. The summed E-state index contributed by atoms with van der Waals surface area (Å²) in [5, 5.41) is 13.9. The standard InChI is InChI=1S/C26H31N3O3S2/c1-32-26(31)23-19-10-6-2-3-8-12-21(19)34-25(23)29-22(30)13-14-33-24-18(16-27)15-17-9-5-4-7-11-20(17)28-24/h15H,2-14H2,1H3,(H,29,30). The molecule has 180 valence electrons. The van der Waals surface area contributed by atoms with Crippen molar-refractivity contribution in [3.8, 4) is 6.07 Å². The zero-order valence-corrected chi connectivity index (χ0v) is 21.3. The molecule has 2 aliphatic carbocycles. The van der Waals surface area contributed by atoms with Crippen molar-refractivity contribution in [2.75, 3.05) is 18.2 Å². The summed E-state index contributed by atoms with van der Waals surface area (Å²) < 4.78 is 5.05. The van der Waals surface area contributed by atoms with Gasteiger partial charge in [-0.3, -0.25) is 4.79 Å². The predicted molar refractivity (Wildman–Crippen MR) is 136 cm³/mol. The molecule has 0 radical (unpaired) electrons. The van der Waals surface area contributed by atoms with Crippen molar-refractivity contribution in [2.24, 2.45) is 0 Å². The monoisotopic (exact) mass is 497 g/mol. The summed E-state index contributed by atoms with van der Waals surface area (Å²) in [4.78, 5) is 31.3. The molecule has 2 aromatic rings. The van der Waals surface area contributed by atoms with Gasteiger partial charge in [-0.25, -0.2) is 9.78 Å². The minimum absolute atomic E-state index is 0.139. The third kappa shape index (κ3) is 5.81. The number of carbonyl (C=O) groups is 2. The Bertz CT molecular complexity index is 1100. The van der Waals surface area contributed by atoms with Crippen LogP contribution in [-0.4, -0.2) is 29.7 Å². The summed E-state index contributed by atoms with van der Waals surface area (Å²) in [6.07, 6.45) is 12.0. The molecular weight excluding hydrogens is 466 g/mol. The average molecular weight is 498 g/mol. The second-order valence-corrected chi connectivity index (χ2v) is 11.1. The van der Waals surface area contributed by atoms with Crippen LogP contribution in [0.15, 0.2) is 11.1 Å². The predicted octanol–water partition coefficient (Wildman–Crippen LogP) is 5.85. The van der Waals surface area contributed by atoms with Crippen molar-refractivity contribution in [3.63, 3.8) is 0 Å². The van der Waals surface area contributed by atoms with Crippen molar-refractivity contribution in [1.29, 1.82) is 5.26 Å². The van der Waals surface area contributed by atoms with Gasteiger partial charge < -0.3 is 10.1 Å². The molecule has 1 N–H and O–H groups in total. The number of thiophene rings is 1. The van der Waals surface area contributed by atoms with E-state index in [-0.39, 0.29) is 18.3 Å². The molecule has 0 atom stereocenters. The highest BCUT2D eigenvalue weighted by molar-refractivity contribution is 7.99. The van der Waals surface area contributed by atoms with Gasteiger partial charge in [-0.2, -0.15) is 5.26 Å². The van der Waals surface area contributed by atoms with Crippen LogP contribution in [0.1, 0.15) is 89.0 Å². The Labute approximate surface area is 209 Å². The van der Waals surface area contributed by atoms with Crippen LogP contribution in [0.3, 0.4) is 0 Å². The molecule has 0 unspecified atom stereocenters. The maximum absolute atomic E-state index is 12.8. The molecule has 0 aromatic carbocycles. The first kappa shape index (κ1) is 24.7. The molecule has 0 spiro atoms. The molecule has 2 aromatic heterocycles. The van der Waals surface area contributed by atoms with Crippen LogP contribution in [0.25, 0.3) is 0 Å². The molecule has 4 rings (SSSR count). The van der Waals surface area contributed by atoms with Gasteiger partial charge in [-0.05, 0) is 68.6 Å². The molecule has 8 heteroatoms. The number of carbonyl (C=O) groups excluding carboxylic acids is 2. The lowest BCUT2D eigenvalue weighted by Gasteiger charge is -2.11. The van der Waals surface area contributed by atoms with Crippen LogP contribution < -0.4 is 5.32 Å². The van der Waals surface area contributed by atoms with Gasteiger partial charge in [0.2, 0.25) is 5.91 Å². The van der Waals surface area contributed by atoms with Gasteiger partial charge in [0.25, 0.3) is 0 Å². The van der Waals surface area contributed by atoms with E-state index in [4.69, 9.17) is 9.72 Å². The fraction of sp³-hybridized carbons (Fsp3) is 0.538. The van der Waals surface area contributed by atoms with E-state index in [1.54, 1.807) is 0 Å². The number of ether oxygens (including phenoxy) is 1. The number of esters is 1. The molecule has 0 bridgehead atoms. The van der Waals surface area contributed by atoms with Gasteiger partial charge in [0.1, 0.15) is 16.1 Å². The number of nitriles is 1. The largest absolute Gasteiger partial charge is 0.465 e. The SMILES string of the molecule is COC(=O)c1c(NC(=O)CCSc2nc3c(cc2C#N)CCCCC3)sc2c1CCCCCC2. The molecule has 0 saturated carbocycles. The van der Waals surface area contributed by atoms with E-state index in [1.165, 1.54) is 53.5 Å². The number of aryl methyl sites for hydroxylation is 3. The second-order valence-electron chi connectivity index (χ2n) is 8.88. The summed E-state index contributed by atoms with van der Waals surface area (Å²) >= 11 is 2.97. The fourth-order valence-electron chi connectivity index (χ4n) is 4.74. The third-order valence-electron chi connectivity index (χ3n) is 6.52. The topological polar surface area (TPSA) is 92.1 Å². The average Bonchev–Trinajstić information content (AvgIpc) is 2.98. The molecule has 0 saturated heterocycles. The minimum Gasteiger partial charge on any atom is -0.465 e. The first-order chi connectivity index (χ1) is 16.6. The number of aromatic nitrogens is 1. The first-order valence-corrected chi connectivity index (χ1v) is 14.0. The minimum atomic E-state index is -0.379. The number of rotatable bonds is 6. The number of fused-ring (bicyclic) bond motifs is 2. The molecule has 0 fully saturated rings. The maximum atomic E-state index is 12.8. The lowest BCUT2D eigenvalue weighted by molar-refractivity contribution is -0.115. The van der Waals surface area contributed by atoms with E-state index in [2.05, 4.69) is 11.4 Å². The summed E-state index contributed by atoms with van der Waals surface area (Å²) in [5.41, 5.74) is 4.47. The molecule has 0 aliphatic heterocycles. The Morgan fingerprint density at radius 2 is 1.85 bits per heavy atom. The van der Waals surface area contributed by atoms with E-state index in [0.29, 0.717) is 26.9 Å². The highest BCUT2D eigenvalue weighted by atomic mass is 32.2.